The number of para-hydroxylation sites is 2. The van der Waals surface area contributed by atoms with Crippen LogP contribution in [-0.2, 0) is 0 Å². The molecule has 0 saturated carbocycles. The number of hydrogen-bond donors (Lipinski definition) is 1. The van der Waals surface area contributed by atoms with Crippen LogP contribution in [0.5, 0.6) is 0 Å². The minimum absolute atomic E-state index is 0.0711. The monoisotopic (exact) mass is 357 g/mol. The Morgan fingerprint density at radius 3 is 2.81 bits per heavy atom. The standard InChI is InChI=1S/C17H19N5O4/c1-11-9-15(23)16(17(24)20-8-7-18-10-12(20)2)19-21(11)13-5-3-4-6-14(13)22(25)26/h3-6,9,12,18H,7-8,10H2,1-2H3/t12-/m0/s1. The maximum absolute atomic E-state index is 12.8. The number of piperazine rings is 1. The summed E-state index contributed by atoms with van der Waals surface area (Å²) in [6.07, 6.45) is 0. The zero-order chi connectivity index (χ0) is 18.8. The lowest BCUT2D eigenvalue weighted by Gasteiger charge is -2.33. The first kappa shape index (κ1) is 17.7. The quantitative estimate of drug-likeness (QED) is 0.645. The number of rotatable bonds is 3. The molecule has 1 aliphatic rings. The second-order valence-corrected chi connectivity index (χ2v) is 6.21. The van der Waals surface area contributed by atoms with E-state index in [-0.39, 0.29) is 23.1 Å². The van der Waals surface area contributed by atoms with Crippen molar-refractivity contribution in [3.05, 3.63) is 62.1 Å². The van der Waals surface area contributed by atoms with Gasteiger partial charge in [0.2, 0.25) is 5.43 Å². The Kier molecular flexibility index (Phi) is 4.81. The van der Waals surface area contributed by atoms with Crippen molar-refractivity contribution >= 4 is 11.6 Å². The Hall–Kier alpha value is -3.07. The molecular weight excluding hydrogens is 338 g/mol. The summed E-state index contributed by atoms with van der Waals surface area (Å²) >= 11 is 0. The Morgan fingerprint density at radius 1 is 1.38 bits per heavy atom. The number of hydrogen-bond acceptors (Lipinski definition) is 6. The van der Waals surface area contributed by atoms with E-state index in [1.165, 1.54) is 22.9 Å². The van der Waals surface area contributed by atoms with Gasteiger partial charge in [0.15, 0.2) is 5.69 Å². The maximum Gasteiger partial charge on any atom is 0.294 e. The summed E-state index contributed by atoms with van der Waals surface area (Å²) in [5, 5.41) is 18.7. The van der Waals surface area contributed by atoms with Crippen LogP contribution in [0.25, 0.3) is 5.69 Å². The normalized spacial score (nSPS) is 17.2. The van der Waals surface area contributed by atoms with E-state index in [1.807, 2.05) is 6.92 Å². The molecule has 0 bridgehead atoms. The number of nitrogens with one attached hydrogen (secondary N) is 1. The third kappa shape index (κ3) is 3.21. The van der Waals surface area contributed by atoms with Crippen molar-refractivity contribution in [3.63, 3.8) is 0 Å². The highest BCUT2D eigenvalue weighted by atomic mass is 16.6. The van der Waals surface area contributed by atoms with Crippen molar-refractivity contribution in [2.24, 2.45) is 0 Å². The fourth-order valence-corrected chi connectivity index (χ4v) is 3.02. The van der Waals surface area contributed by atoms with Gasteiger partial charge in [0, 0.05) is 43.5 Å². The van der Waals surface area contributed by atoms with Crippen molar-refractivity contribution in [3.8, 4) is 5.69 Å². The third-order valence-electron chi connectivity index (χ3n) is 4.38. The van der Waals surface area contributed by atoms with Gasteiger partial charge in [-0.25, -0.2) is 4.68 Å². The summed E-state index contributed by atoms with van der Waals surface area (Å²) in [5.74, 6) is -0.462. The molecule has 1 fully saturated rings. The number of carbonyl (C=O) groups is 1. The molecule has 1 N–H and O–H groups in total. The first-order chi connectivity index (χ1) is 12.4. The number of benzene rings is 1. The van der Waals surface area contributed by atoms with E-state index in [2.05, 4.69) is 10.4 Å². The van der Waals surface area contributed by atoms with Crippen LogP contribution in [-0.4, -0.2) is 51.2 Å². The number of nitro benzene ring substituents is 1. The number of aryl methyl sites for hydroxylation is 1. The predicted octanol–water partition coefficient (Wildman–Crippen LogP) is 0.883. The van der Waals surface area contributed by atoms with Gasteiger partial charge in [0.25, 0.3) is 11.6 Å². The number of aromatic nitrogens is 2. The molecule has 9 heteroatoms. The van der Waals surface area contributed by atoms with E-state index in [0.29, 0.717) is 25.3 Å². The number of amides is 1. The van der Waals surface area contributed by atoms with Crippen LogP contribution < -0.4 is 10.7 Å². The van der Waals surface area contributed by atoms with E-state index in [0.717, 1.165) is 0 Å². The fourth-order valence-electron chi connectivity index (χ4n) is 3.02. The van der Waals surface area contributed by atoms with Gasteiger partial charge in [-0.2, -0.15) is 5.10 Å². The molecule has 1 amide bonds. The Bertz CT molecular complexity index is 924. The second kappa shape index (κ2) is 7.04. The Balaban J connectivity index is 2.10. The molecule has 1 saturated heterocycles. The SMILES string of the molecule is Cc1cc(=O)c(C(=O)N2CCNC[C@@H]2C)nn1-c1ccccc1[N+](=O)[O-]. The molecule has 0 aliphatic carbocycles. The molecule has 0 unspecified atom stereocenters. The summed E-state index contributed by atoms with van der Waals surface area (Å²) in [6.45, 7) is 5.25. The summed E-state index contributed by atoms with van der Waals surface area (Å²) in [5.41, 5.74) is -0.261. The summed E-state index contributed by atoms with van der Waals surface area (Å²) in [4.78, 5) is 37.6. The van der Waals surface area contributed by atoms with Gasteiger partial charge in [0.05, 0.1) is 4.92 Å². The average molecular weight is 357 g/mol. The first-order valence-electron chi connectivity index (χ1n) is 8.26. The lowest BCUT2D eigenvalue weighted by molar-refractivity contribution is -0.384. The lowest BCUT2D eigenvalue weighted by Crippen LogP contribution is -2.53. The number of nitro groups is 1. The molecule has 3 rings (SSSR count). The lowest BCUT2D eigenvalue weighted by atomic mass is 10.2. The fraction of sp³-hybridized carbons (Fsp3) is 0.353. The molecule has 26 heavy (non-hydrogen) atoms. The highest BCUT2D eigenvalue weighted by Crippen LogP contribution is 2.22. The Morgan fingerprint density at radius 2 is 2.12 bits per heavy atom. The van der Waals surface area contributed by atoms with Gasteiger partial charge in [-0.3, -0.25) is 19.7 Å². The second-order valence-electron chi connectivity index (χ2n) is 6.21. The highest BCUT2D eigenvalue weighted by Gasteiger charge is 2.28. The van der Waals surface area contributed by atoms with Crippen LogP contribution in [0.2, 0.25) is 0 Å². The molecule has 0 radical (unpaired) electrons. The van der Waals surface area contributed by atoms with Crippen LogP contribution in [0.15, 0.2) is 35.1 Å². The summed E-state index contributed by atoms with van der Waals surface area (Å²) < 4.78 is 1.28. The van der Waals surface area contributed by atoms with Gasteiger partial charge in [-0.05, 0) is 19.9 Å². The van der Waals surface area contributed by atoms with E-state index < -0.39 is 16.3 Å². The van der Waals surface area contributed by atoms with Crippen LogP contribution in [0.3, 0.4) is 0 Å². The molecule has 136 valence electrons. The minimum Gasteiger partial charge on any atom is -0.332 e. The van der Waals surface area contributed by atoms with E-state index in [9.17, 15) is 19.7 Å². The van der Waals surface area contributed by atoms with Crippen molar-refractivity contribution in [2.75, 3.05) is 19.6 Å². The van der Waals surface area contributed by atoms with Gasteiger partial charge in [0.1, 0.15) is 5.69 Å². The van der Waals surface area contributed by atoms with Crippen LogP contribution in [0.4, 0.5) is 5.69 Å². The van der Waals surface area contributed by atoms with Crippen LogP contribution in [0.1, 0.15) is 23.1 Å². The van der Waals surface area contributed by atoms with Gasteiger partial charge >= 0.3 is 0 Å². The summed E-state index contributed by atoms with van der Waals surface area (Å²) in [6, 6.07) is 7.29. The van der Waals surface area contributed by atoms with Gasteiger partial charge in [-0.1, -0.05) is 12.1 Å². The van der Waals surface area contributed by atoms with Crippen molar-refractivity contribution in [1.29, 1.82) is 0 Å². The van der Waals surface area contributed by atoms with Gasteiger partial charge < -0.3 is 10.2 Å². The van der Waals surface area contributed by atoms with Crippen LogP contribution >= 0.6 is 0 Å². The Labute approximate surface area is 149 Å². The largest absolute Gasteiger partial charge is 0.332 e. The van der Waals surface area contributed by atoms with Crippen LogP contribution in [0, 0.1) is 17.0 Å². The van der Waals surface area contributed by atoms with E-state index >= 15 is 0 Å². The molecule has 2 heterocycles. The highest BCUT2D eigenvalue weighted by molar-refractivity contribution is 5.92. The third-order valence-corrected chi connectivity index (χ3v) is 4.38. The first-order valence-corrected chi connectivity index (χ1v) is 8.26. The maximum atomic E-state index is 12.8. The van der Waals surface area contributed by atoms with Crippen molar-refractivity contribution < 1.29 is 9.72 Å². The van der Waals surface area contributed by atoms with Gasteiger partial charge in [-0.15, -0.1) is 0 Å². The smallest absolute Gasteiger partial charge is 0.294 e. The molecule has 1 aromatic carbocycles. The minimum atomic E-state index is -0.519. The summed E-state index contributed by atoms with van der Waals surface area (Å²) in [7, 11) is 0. The molecule has 1 aliphatic heterocycles. The average Bonchev–Trinajstić information content (AvgIpc) is 2.62. The zero-order valence-corrected chi connectivity index (χ0v) is 14.5. The molecule has 9 nitrogen and oxygen atoms in total. The zero-order valence-electron chi connectivity index (χ0n) is 14.5. The molecule has 1 aromatic heterocycles. The predicted molar refractivity (Wildman–Crippen MR) is 94.6 cm³/mol. The number of nitrogens with zero attached hydrogens (tertiary/aromatic N) is 4. The van der Waals surface area contributed by atoms with Crippen molar-refractivity contribution in [2.45, 2.75) is 19.9 Å². The topological polar surface area (TPSA) is 110 Å². The molecule has 1 atom stereocenters. The number of carbonyl (C=O) groups excluding carboxylic acids is 1. The van der Waals surface area contributed by atoms with Crippen molar-refractivity contribution in [1.82, 2.24) is 20.0 Å². The van der Waals surface area contributed by atoms with E-state index in [1.54, 1.807) is 24.0 Å². The molecule has 0 spiro atoms. The molecular formula is C17H19N5O4. The molecule has 2 aromatic rings. The van der Waals surface area contributed by atoms with E-state index in [4.69, 9.17) is 0 Å².